The Morgan fingerprint density at radius 3 is 2.25 bits per heavy atom. The van der Waals surface area contributed by atoms with Gasteiger partial charge >= 0.3 is 0 Å². The topological polar surface area (TPSA) is 72.2 Å². The number of halogens is 3. The summed E-state index contributed by atoms with van der Waals surface area (Å²) in [5.41, 5.74) is 5.41. The van der Waals surface area contributed by atoms with E-state index in [1.165, 1.54) is 12.1 Å². The summed E-state index contributed by atoms with van der Waals surface area (Å²) < 4.78 is 53.0. The van der Waals surface area contributed by atoms with Crippen molar-refractivity contribution >= 4 is 37.3 Å². The summed E-state index contributed by atoms with van der Waals surface area (Å²) in [5, 5.41) is 0. The normalized spacial score (nSPS) is 11.3. The van der Waals surface area contributed by atoms with Crippen LogP contribution in [0, 0.1) is 11.6 Å². The summed E-state index contributed by atoms with van der Waals surface area (Å²) >= 11 is 3.13. The summed E-state index contributed by atoms with van der Waals surface area (Å²) in [6.07, 6.45) is 0. The van der Waals surface area contributed by atoms with Crippen LogP contribution in [0.25, 0.3) is 0 Å². The van der Waals surface area contributed by atoms with Gasteiger partial charge in [0.05, 0.1) is 11.4 Å². The second-order valence-corrected chi connectivity index (χ2v) is 6.51. The van der Waals surface area contributed by atoms with Crippen LogP contribution in [-0.2, 0) is 10.0 Å². The first-order valence-corrected chi connectivity index (χ1v) is 7.59. The Morgan fingerprint density at radius 2 is 1.65 bits per heavy atom. The molecule has 2 aromatic rings. The van der Waals surface area contributed by atoms with Crippen LogP contribution in [0.1, 0.15) is 0 Å². The maximum absolute atomic E-state index is 13.0. The van der Waals surface area contributed by atoms with Crippen molar-refractivity contribution in [2.24, 2.45) is 0 Å². The van der Waals surface area contributed by atoms with Crippen molar-refractivity contribution < 1.29 is 17.2 Å². The minimum atomic E-state index is -4.04. The molecule has 0 saturated carbocycles. The van der Waals surface area contributed by atoms with Gasteiger partial charge in [-0.3, -0.25) is 4.72 Å². The first-order valence-electron chi connectivity index (χ1n) is 5.32. The van der Waals surface area contributed by atoms with Crippen molar-refractivity contribution in [1.82, 2.24) is 0 Å². The van der Waals surface area contributed by atoms with Gasteiger partial charge in [0.15, 0.2) is 0 Å². The van der Waals surface area contributed by atoms with E-state index in [0.29, 0.717) is 10.5 Å². The second kappa shape index (κ2) is 5.37. The number of rotatable bonds is 3. The van der Waals surface area contributed by atoms with Gasteiger partial charge < -0.3 is 5.73 Å². The molecule has 0 spiro atoms. The molecule has 2 rings (SSSR count). The van der Waals surface area contributed by atoms with Crippen LogP contribution in [0.5, 0.6) is 0 Å². The second-order valence-electron chi connectivity index (χ2n) is 3.95. The Labute approximate surface area is 122 Å². The fraction of sp³-hybridized carbons (Fsp3) is 0. The zero-order valence-corrected chi connectivity index (χ0v) is 12.3. The molecule has 3 N–H and O–H groups in total. The smallest absolute Gasteiger partial charge is 0.263 e. The highest BCUT2D eigenvalue weighted by Gasteiger charge is 2.18. The molecular formula is C12H9BrF2N2O2S. The number of benzene rings is 2. The summed E-state index contributed by atoms with van der Waals surface area (Å²) in [6.45, 7) is 0. The number of hydrogen-bond donors (Lipinski definition) is 2. The van der Waals surface area contributed by atoms with E-state index in [1.54, 1.807) is 6.07 Å². The van der Waals surface area contributed by atoms with Crippen LogP contribution < -0.4 is 10.5 Å². The zero-order chi connectivity index (χ0) is 14.9. The number of nitrogens with one attached hydrogen (secondary N) is 1. The third-order valence-corrected chi connectivity index (χ3v) is 4.31. The van der Waals surface area contributed by atoms with E-state index in [0.717, 1.165) is 12.1 Å². The predicted molar refractivity (Wildman–Crippen MR) is 75.7 cm³/mol. The van der Waals surface area contributed by atoms with Gasteiger partial charge in [-0.15, -0.1) is 0 Å². The van der Waals surface area contributed by atoms with Crippen molar-refractivity contribution in [2.45, 2.75) is 4.90 Å². The monoisotopic (exact) mass is 362 g/mol. The highest BCUT2D eigenvalue weighted by atomic mass is 79.9. The van der Waals surface area contributed by atoms with Crippen LogP contribution in [0.4, 0.5) is 20.2 Å². The Hall–Kier alpha value is -1.67. The van der Waals surface area contributed by atoms with Crippen LogP contribution >= 0.6 is 15.9 Å². The van der Waals surface area contributed by atoms with E-state index in [-0.39, 0.29) is 16.3 Å². The quantitative estimate of drug-likeness (QED) is 0.824. The molecular weight excluding hydrogens is 354 g/mol. The molecule has 0 heterocycles. The Balaban J connectivity index is 2.43. The van der Waals surface area contributed by atoms with Gasteiger partial charge in [0.25, 0.3) is 10.0 Å². The molecule has 4 nitrogen and oxygen atoms in total. The summed E-state index contributed by atoms with van der Waals surface area (Å²) in [5.74, 6) is -1.77. The largest absolute Gasteiger partial charge is 0.398 e. The number of hydrogen-bond acceptors (Lipinski definition) is 3. The molecule has 0 unspecified atom stereocenters. The van der Waals surface area contributed by atoms with Gasteiger partial charge in [-0.1, -0.05) is 15.9 Å². The minimum Gasteiger partial charge on any atom is -0.398 e. The maximum atomic E-state index is 13.0. The van der Waals surface area contributed by atoms with E-state index >= 15 is 0 Å². The Kier molecular flexibility index (Phi) is 3.96. The van der Waals surface area contributed by atoms with Crippen molar-refractivity contribution in [2.75, 3.05) is 10.5 Å². The SMILES string of the molecule is Nc1ccc(Br)cc1S(=O)(=O)Nc1cc(F)cc(F)c1. The molecule has 20 heavy (non-hydrogen) atoms. The van der Waals surface area contributed by atoms with Crippen molar-refractivity contribution in [1.29, 1.82) is 0 Å². The Morgan fingerprint density at radius 1 is 1.05 bits per heavy atom. The first kappa shape index (κ1) is 14.7. The summed E-state index contributed by atoms with van der Waals surface area (Å²) in [6, 6.07) is 6.67. The van der Waals surface area contributed by atoms with E-state index in [1.807, 2.05) is 0 Å². The molecule has 0 aromatic heterocycles. The molecule has 0 aliphatic heterocycles. The fourth-order valence-electron chi connectivity index (χ4n) is 1.56. The van der Waals surface area contributed by atoms with Gasteiger partial charge in [0.2, 0.25) is 0 Å². The predicted octanol–water partition coefficient (Wildman–Crippen LogP) is 3.11. The van der Waals surface area contributed by atoms with E-state index < -0.39 is 21.7 Å². The van der Waals surface area contributed by atoms with Crippen LogP contribution in [0.15, 0.2) is 45.8 Å². The van der Waals surface area contributed by atoms with Crippen LogP contribution in [0.2, 0.25) is 0 Å². The number of sulfonamides is 1. The number of nitrogen functional groups attached to an aromatic ring is 1. The number of anilines is 2. The van der Waals surface area contributed by atoms with Gasteiger partial charge in [-0.05, 0) is 30.3 Å². The molecule has 2 aromatic carbocycles. The lowest BCUT2D eigenvalue weighted by molar-refractivity contribution is 0.584. The Bertz CT molecular complexity index is 746. The molecule has 0 bridgehead atoms. The van der Waals surface area contributed by atoms with Crippen molar-refractivity contribution in [3.8, 4) is 0 Å². The molecule has 0 fully saturated rings. The van der Waals surface area contributed by atoms with Crippen LogP contribution in [0.3, 0.4) is 0 Å². The van der Waals surface area contributed by atoms with Crippen LogP contribution in [-0.4, -0.2) is 8.42 Å². The van der Waals surface area contributed by atoms with Gasteiger partial charge in [-0.25, -0.2) is 17.2 Å². The molecule has 8 heteroatoms. The highest BCUT2D eigenvalue weighted by molar-refractivity contribution is 9.10. The van der Waals surface area contributed by atoms with Gasteiger partial charge in [-0.2, -0.15) is 0 Å². The molecule has 0 aliphatic carbocycles. The molecule has 0 radical (unpaired) electrons. The lowest BCUT2D eigenvalue weighted by Gasteiger charge is -2.10. The van der Waals surface area contributed by atoms with Crippen molar-refractivity contribution in [3.05, 3.63) is 52.5 Å². The van der Waals surface area contributed by atoms with E-state index in [2.05, 4.69) is 20.7 Å². The lowest BCUT2D eigenvalue weighted by atomic mass is 10.3. The third-order valence-electron chi connectivity index (χ3n) is 2.38. The summed E-state index contributed by atoms with van der Waals surface area (Å²) in [7, 11) is -4.04. The molecule has 0 amide bonds. The standard InChI is InChI=1S/C12H9BrF2N2O2S/c13-7-1-2-11(16)12(3-7)20(18,19)17-10-5-8(14)4-9(15)6-10/h1-6,17H,16H2. The molecule has 106 valence electrons. The third kappa shape index (κ3) is 3.26. The summed E-state index contributed by atoms with van der Waals surface area (Å²) in [4.78, 5) is -0.184. The number of nitrogens with two attached hydrogens (primary N) is 1. The van der Waals surface area contributed by atoms with Crippen molar-refractivity contribution in [3.63, 3.8) is 0 Å². The maximum Gasteiger partial charge on any atom is 0.263 e. The first-order chi connectivity index (χ1) is 9.28. The van der Waals surface area contributed by atoms with E-state index in [9.17, 15) is 17.2 Å². The average Bonchev–Trinajstić information content (AvgIpc) is 2.30. The van der Waals surface area contributed by atoms with Gasteiger partial charge in [0, 0.05) is 10.5 Å². The highest BCUT2D eigenvalue weighted by Crippen LogP contribution is 2.25. The van der Waals surface area contributed by atoms with E-state index in [4.69, 9.17) is 5.73 Å². The minimum absolute atomic E-state index is 0.0255. The average molecular weight is 363 g/mol. The molecule has 0 atom stereocenters. The fourth-order valence-corrected chi connectivity index (χ4v) is 3.27. The molecule has 0 aliphatic rings. The lowest BCUT2D eigenvalue weighted by Crippen LogP contribution is -2.15. The zero-order valence-electron chi connectivity index (χ0n) is 9.90. The van der Waals surface area contributed by atoms with Gasteiger partial charge in [0.1, 0.15) is 16.5 Å². The molecule has 0 saturated heterocycles.